The second kappa shape index (κ2) is 10.2. The van der Waals surface area contributed by atoms with Crippen LogP contribution in [-0.4, -0.2) is 33.5 Å². The second-order valence-corrected chi connectivity index (χ2v) is 10.3. The maximum Gasteiger partial charge on any atom is 0.283 e. The Hall–Kier alpha value is -4.28. The standard InChI is InChI=1S/C27H21ClN4O5S/c28-23-9-8-18(38-23)15-29-24-14-21(19-6-2-10-31(26(19)33)16-17-4-3-11-35-17)30-32(24)27(34)20-5-1-7-22-25(20)37-13-12-36-22/h1-11,14,29H,12-13,15-16H2. The predicted octanol–water partition coefficient (Wildman–Crippen LogP) is 5.14. The van der Waals surface area contributed by atoms with Gasteiger partial charge < -0.3 is 23.8 Å². The Kier molecular flexibility index (Phi) is 6.48. The molecule has 0 aliphatic carbocycles. The van der Waals surface area contributed by atoms with E-state index in [4.69, 9.17) is 25.5 Å². The number of aromatic nitrogens is 3. The number of halogens is 1. The highest BCUT2D eigenvalue weighted by Gasteiger charge is 2.25. The van der Waals surface area contributed by atoms with Gasteiger partial charge in [0.2, 0.25) is 0 Å². The van der Waals surface area contributed by atoms with E-state index in [1.807, 2.05) is 12.1 Å². The van der Waals surface area contributed by atoms with Crippen molar-refractivity contribution in [2.75, 3.05) is 18.5 Å². The SMILES string of the molecule is O=C(c1cccc2c1OCCO2)n1nc(-c2cccn(Cc3ccco3)c2=O)cc1NCc1ccc(Cl)s1. The number of anilines is 1. The maximum absolute atomic E-state index is 13.8. The quantitative estimate of drug-likeness (QED) is 0.300. The summed E-state index contributed by atoms with van der Waals surface area (Å²) < 4.78 is 20.3. The highest BCUT2D eigenvalue weighted by atomic mass is 35.5. The van der Waals surface area contributed by atoms with Gasteiger partial charge in [0.25, 0.3) is 11.5 Å². The van der Waals surface area contributed by atoms with Crippen molar-refractivity contribution in [3.8, 4) is 22.8 Å². The number of furan rings is 1. The summed E-state index contributed by atoms with van der Waals surface area (Å²) in [4.78, 5) is 28.1. The van der Waals surface area contributed by atoms with Gasteiger partial charge in [-0.15, -0.1) is 11.3 Å². The zero-order valence-corrected chi connectivity index (χ0v) is 21.5. The third-order valence-corrected chi connectivity index (χ3v) is 7.20. The summed E-state index contributed by atoms with van der Waals surface area (Å²) in [6.45, 7) is 1.44. The Labute approximate surface area is 225 Å². The number of benzene rings is 1. The Morgan fingerprint density at radius 1 is 1.08 bits per heavy atom. The molecule has 11 heteroatoms. The summed E-state index contributed by atoms with van der Waals surface area (Å²) in [5.74, 6) is 1.53. The molecule has 0 atom stereocenters. The molecule has 0 saturated carbocycles. The monoisotopic (exact) mass is 548 g/mol. The van der Waals surface area contributed by atoms with E-state index in [0.717, 1.165) is 4.88 Å². The van der Waals surface area contributed by atoms with Crippen LogP contribution >= 0.6 is 22.9 Å². The van der Waals surface area contributed by atoms with Gasteiger partial charge in [-0.1, -0.05) is 17.7 Å². The first-order chi connectivity index (χ1) is 18.6. The first-order valence-corrected chi connectivity index (χ1v) is 13.0. The van der Waals surface area contributed by atoms with E-state index in [2.05, 4.69) is 10.4 Å². The number of para-hydroxylation sites is 1. The van der Waals surface area contributed by atoms with Crippen molar-refractivity contribution in [1.29, 1.82) is 0 Å². The molecule has 1 N–H and O–H groups in total. The Morgan fingerprint density at radius 3 is 2.79 bits per heavy atom. The first kappa shape index (κ1) is 24.1. The average Bonchev–Trinajstić information content (AvgIpc) is 3.69. The van der Waals surface area contributed by atoms with Crippen LogP contribution in [0.5, 0.6) is 11.5 Å². The normalized spacial score (nSPS) is 12.4. The van der Waals surface area contributed by atoms with Crippen molar-refractivity contribution in [2.24, 2.45) is 0 Å². The van der Waals surface area contributed by atoms with E-state index in [1.54, 1.807) is 61.0 Å². The van der Waals surface area contributed by atoms with E-state index in [-0.39, 0.29) is 12.1 Å². The van der Waals surface area contributed by atoms with E-state index in [1.165, 1.54) is 20.6 Å². The first-order valence-electron chi connectivity index (χ1n) is 11.8. The van der Waals surface area contributed by atoms with E-state index in [0.29, 0.717) is 64.0 Å². The topological polar surface area (TPSA) is 101 Å². The molecule has 4 aromatic heterocycles. The van der Waals surface area contributed by atoms with Gasteiger partial charge in [-0.2, -0.15) is 9.78 Å². The van der Waals surface area contributed by atoms with Gasteiger partial charge in [0, 0.05) is 17.1 Å². The molecule has 0 radical (unpaired) electrons. The van der Waals surface area contributed by atoms with Crippen molar-refractivity contribution < 1.29 is 18.7 Å². The van der Waals surface area contributed by atoms with Gasteiger partial charge in [0.05, 0.1) is 34.8 Å². The van der Waals surface area contributed by atoms with Crippen molar-refractivity contribution in [1.82, 2.24) is 14.3 Å². The Morgan fingerprint density at radius 2 is 1.97 bits per heavy atom. The molecule has 0 saturated heterocycles. The highest BCUT2D eigenvalue weighted by molar-refractivity contribution is 7.16. The zero-order chi connectivity index (χ0) is 26.1. The van der Waals surface area contributed by atoms with Crippen LogP contribution in [-0.2, 0) is 13.1 Å². The summed E-state index contributed by atoms with van der Waals surface area (Å²) in [7, 11) is 0. The summed E-state index contributed by atoms with van der Waals surface area (Å²) >= 11 is 7.52. The molecule has 1 aliphatic heterocycles. The number of thiophene rings is 1. The third kappa shape index (κ3) is 4.71. The molecular weight excluding hydrogens is 528 g/mol. The molecule has 9 nitrogen and oxygen atoms in total. The molecule has 0 unspecified atom stereocenters. The van der Waals surface area contributed by atoms with Gasteiger partial charge in [-0.3, -0.25) is 9.59 Å². The molecule has 1 aromatic carbocycles. The predicted molar refractivity (Wildman–Crippen MR) is 144 cm³/mol. The van der Waals surface area contributed by atoms with Crippen molar-refractivity contribution in [3.63, 3.8) is 0 Å². The van der Waals surface area contributed by atoms with Gasteiger partial charge in [0.1, 0.15) is 30.5 Å². The number of carbonyl (C=O) groups excluding carboxylic acids is 1. The van der Waals surface area contributed by atoms with Gasteiger partial charge >= 0.3 is 0 Å². The number of nitrogens with zero attached hydrogens (tertiary/aromatic N) is 3. The molecule has 6 rings (SSSR count). The van der Waals surface area contributed by atoms with Crippen molar-refractivity contribution in [3.05, 3.63) is 104 Å². The molecule has 0 fully saturated rings. The molecule has 0 amide bonds. The summed E-state index contributed by atoms with van der Waals surface area (Å²) in [6, 6.07) is 17.6. The van der Waals surface area contributed by atoms with Crippen LogP contribution in [0.4, 0.5) is 5.82 Å². The van der Waals surface area contributed by atoms with E-state index < -0.39 is 5.91 Å². The molecule has 192 valence electrons. The lowest BCUT2D eigenvalue weighted by atomic mass is 10.1. The summed E-state index contributed by atoms with van der Waals surface area (Å²) in [6.07, 6.45) is 3.25. The minimum absolute atomic E-state index is 0.258. The van der Waals surface area contributed by atoms with Gasteiger partial charge in [-0.05, 0) is 48.5 Å². The largest absolute Gasteiger partial charge is 0.486 e. The molecule has 5 heterocycles. The number of pyridine rings is 1. The zero-order valence-electron chi connectivity index (χ0n) is 19.9. The lowest BCUT2D eigenvalue weighted by molar-refractivity contribution is 0.0936. The second-order valence-electron chi connectivity index (χ2n) is 8.46. The van der Waals surface area contributed by atoms with Crippen LogP contribution in [0.15, 0.2) is 82.3 Å². The smallest absolute Gasteiger partial charge is 0.283 e. The van der Waals surface area contributed by atoms with Crippen LogP contribution in [0.3, 0.4) is 0 Å². The molecule has 0 bridgehead atoms. The fraction of sp³-hybridized carbons (Fsp3) is 0.148. The van der Waals surface area contributed by atoms with Crippen LogP contribution in [0.25, 0.3) is 11.3 Å². The lowest BCUT2D eigenvalue weighted by Gasteiger charge is -2.20. The Bertz CT molecular complexity index is 1670. The fourth-order valence-electron chi connectivity index (χ4n) is 4.20. The van der Waals surface area contributed by atoms with Crippen LogP contribution in [0, 0.1) is 0 Å². The van der Waals surface area contributed by atoms with E-state index >= 15 is 0 Å². The fourth-order valence-corrected chi connectivity index (χ4v) is 5.23. The minimum Gasteiger partial charge on any atom is -0.486 e. The number of rotatable bonds is 7. The van der Waals surface area contributed by atoms with Crippen LogP contribution in [0.2, 0.25) is 4.34 Å². The molecule has 38 heavy (non-hydrogen) atoms. The number of hydrogen-bond acceptors (Lipinski definition) is 8. The summed E-state index contributed by atoms with van der Waals surface area (Å²) in [5, 5.41) is 7.84. The highest BCUT2D eigenvalue weighted by Crippen LogP contribution is 2.35. The molecule has 0 spiro atoms. The average molecular weight is 549 g/mol. The number of fused-ring (bicyclic) bond motifs is 1. The molecule has 5 aromatic rings. The van der Waals surface area contributed by atoms with Crippen LogP contribution < -0.4 is 20.3 Å². The number of hydrogen-bond donors (Lipinski definition) is 1. The maximum atomic E-state index is 13.8. The number of ether oxygens (including phenoxy) is 2. The van der Waals surface area contributed by atoms with Crippen molar-refractivity contribution >= 4 is 34.7 Å². The lowest BCUT2D eigenvalue weighted by Crippen LogP contribution is -2.22. The van der Waals surface area contributed by atoms with Gasteiger partial charge in [0.15, 0.2) is 11.5 Å². The van der Waals surface area contributed by atoms with Crippen molar-refractivity contribution in [2.45, 2.75) is 13.1 Å². The molecule has 1 aliphatic rings. The Balaban J connectivity index is 1.40. The van der Waals surface area contributed by atoms with Gasteiger partial charge in [-0.25, -0.2) is 0 Å². The van der Waals surface area contributed by atoms with Crippen LogP contribution in [0.1, 0.15) is 21.0 Å². The molecular formula is C27H21ClN4O5S. The minimum atomic E-state index is -0.419. The summed E-state index contributed by atoms with van der Waals surface area (Å²) in [5.41, 5.74) is 0.752. The third-order valence-electron chi connectivity index (χ3n) is 5.97. The number of carbonyl (C=O) groups is 1. The van der Waals surface area contributed by atoms with E-state index in [9.17, 15) is 9.59 Å². The number of nitrogens with one attached hydrogen (secondary N) is 1.